The van der Waals surface area contributed by atoms with Gasteiger partial charge in [0.15, 0.2) is 0 Å². The number of carbonyl (C=O) groups is 3. The molecule has 35 heavy (non-hydrogen) atoms. The second kappa shape index (κ2) is 11.6. The van der Waals surface area contributed by atoms with Crippen LogP contribution >= 0.6 is 34.5 Å². The predicted molar refractivity (Wildman–Crippen MR) is 131 cm³/mol. The van der Waals surface area contributed by atoms with Crippen LogP contribution in [0.15, 0.2) is 28.9 Å². The van der Waals surface area contributed by atoms with Crippen molar-refractivity contribution >= 4 is 52.3 Å². The van der Waals surface area contributed by atoms with E-state index in [1.165, 1.54) is 29.7 Å². The van der Waals surface area contributed by atoms with Crippen LogP contribution in [-0.4, -0.2) is 69.0 Å². The fraction of sp³-hybridized carbons (Fsp3) is 0.318. The molecule has 3 N–H and O–H groups in total. The fourth-order valence-electron chi connectivity index (χ4n) is 3.42. The summed E-state index contributed by atoms with van der Waals surface area (Å²) >= 11 is 12.4. The Morgan fingerprint density at radius 3 is 2.37 bits per heavy atom. The van der Waals surface area contributed by atoms with E-state index >= 15 is 0 Å². The number of hydrogen-bond acceptors (Lipinski definition) is 8. The first-order chi connectivity index (χ1) is 16.6. The average Bonchev–Trinajstić information content (AvgIpc) is 3.40. The number of thiazole rings is 1. The first-order valence-electron chi connectivity index (χ1n) is 10.4. The van der Waals surface area contributed by atoms with E-state index in [0.717, 1.165) is 18.1 Å². The van der Waals surface area contributed by atoms with Crippen molar-refractivity contribution in [1.82, 2.24) is 19.9 Å². The number of carboxylic acid groups (broad SMARTS) is 1. The zero-order chi connectivity index (χ0) is 25.7. The van der Waals surface area contributed by atoms with Crippen LogP contribution in [0.5, 0.6) is 0 Å². The summed E-state index contributed by atoms with van der Waals surface area (Å²) in [5.41, 5.74) is 6.45. The largest absolute Gasteiger partial charge is 0.477 e. The monoisotopic (exact) mass is 539 g/mol. The van der Waals surface area contributed by atoms with Crippen LogP contribution in [0.25, 0.3) is 0 Å². The Balaban J connectivity index is 0.000000261. The summed E-state index contributed by atoms with van der Waals surface area (Å²) in [7, 11) is 0. The highest BCUT2D eigenvalue weighted by molar-refractivity contribution is 7.13. The van der Waals surface area contributed by atoms with Crippen molar-refractivity contribution in [2.24, 2.45) is 5.73 Å². The third kappa shape index (κ3) is 6.79. The highest BCUT2D eigenvalue weighted by Crippen LogP contribution is 2.20. The highest BCUT2D eigenvalue weighted by atomic mass is 35.5. The molecule has 0 aliphatic carbocycles. The maximum absolute atomic E-state index is 12.6. The van der Waals surface area contributed by atoms with Crippen LogP contribution < -0.4 is 5.73 Å². The minimum absolute atomic E-state index is 0.0479. The van der Waals surface area contributed by atoms with Crippen LogP contribution in [0, 0.1) is 13.8 Å². The van der Waals surface area contributed by atoms with Crippen molar-refractivity contribution in [1.29, 1.82) is 0 Å². The molecule has 2 aromatic heterocycles. The van der Waals surface area contributed by atoms with Crippen molar-refractivity contribution in [3.8, 4) is 0 Å². The molecule has 1 aliphatic rings. The molecule has 1 saturated heterocycles. The molecule has 0 bridgehead atoms. The minimum Gasteiger partial charge on any atom is -0.477 e. The van der Waals surface area contributed by atoms with Crippen molar-refractivity contribution in [3.05, 3.63) is 66.9 Å². The Kier molecular flexibility index (Phi) is 8.84. The van der Waals surface area contributed by atoms with E-state index in [1.54, 1.807) is 24.8 Å². The number of amides is 2. The number of halogens is 2. The third-order valence-corrected chi connectivity index (χ3v) is 6.74. The maximum Gasteiger partial charge on any atom is 0.347 e. The maximum atomic E-state index is 12.6. The topological polar surface area (TPSA) is 143 Å². The summed E-state index contributed by atoms with van der Waals surface area (Å²) in [6.07, 6.45) is 1.39. The van der Waals surface area contributed by atoms with Gasteiger partial charge < -0.3 is 20.3 Å². The van der Waals surface area contributed by atoms with Gasteiger partial charge >= 0.3 is 5.97 Å². The highest BCUT2D eigenvalue weighted by Gasteiger charge is 2.27. The van der Waals surface area contributed by atoms with Gasteiger partial charge in [0.1, 0.15) is 21.2 Å². The van der Waals surface area contributed by atoms with Gasteiger partial charge in [-0.3, -0.25) is 14.5 Å². The fourth-order valence-corrected chi connectivity index (χ4v) is 4.72. The molecular formula is C22H23Cl2N5O5S. The number of nitrogens with zero attached hydrogens (tertiary/aromatic N) is 4. The molecular weight excluding hydrogens is 517 g/mol. The smallest absolute Gasteiger partial charge is 0.347 e. The third-order valence-electron chi connectivity index (χ3n) is 5.23. The van der Waals surface area contributed by atoms with Crippen molar-refractivity contribution in [2.75, 3.05) is 26.2 Å². The second-order valence-corrected chi connectivity index (χ2v) is 9.64. The van der Waals surface area contributed by atoms with E-state index in [0.29, 0.717) is 41.7 Å². The van der Waals surface area contributed by atoms with Gasteiger partial charge in [0.25, 0.3) is 5.91 Å². The molecule has 1 aromatic carbocycles. The number of aromatic nitrogens is 2. The molecule has 0 radical (unpaired) electrons. The Labute approximate surface area is 215 Å². The van der Waals surface area contributed by atoms with Crippen LogP contribution in [-0.2, 0) is 6.54 Å². The van der Waals surface area contributed by atoms with Gasteiger partial charge in [0.2, 0.25) is 5.91 Å². The molecule has 0 saturated carbocycles. The zero-order valence-corrected chi connectivity index (χ0v) is 21.3. The van der Waals surface area contributed by atoms with Crippen molar-refractivity contribution in [2.45, 2.75) is 20.4 Å². The molecule has 10 nitrogen and oxygen atoms in total. The lowest BCUT2D eigenvalue weighted by Crippen LogP contribution is -2.48. The first-order valence-corrected chi connectivity index (χ1v) is 12.0. The summed E-state index contributed by atoms with van der Waals surface area (Å²) in [5.74, 6) is -1.00. The van der Waals surface area contributed by atoms with Crippen LogP contribution in [0.4, 0.5) is 0 Å². The van der Waals surface area contributed by atoms with Crippen LogP contribution in [0.1, 0.15) is 46.8 Å². The van der Waals surface area contributed by atoms with Gasteiger partial charge in [0.05, 0.1) is 29.0 Å². The summed E-state index contributed by atoms with van der Waals surface area (Å²) < 4.78 is 5.07. The molecule has 13 heteroatoms. The lowest BCUT2D eigenvalue weighted by atomic mass is 10.1. The van der Waals surface area contributed by atoms with Crippen molar-refractivity contribution < 1.29 is 24.0 Å². The van der Waals surface area contributed by atoms with E-state index in [2.05, 4.69) is 15.0 Å². The number of benzene rings is 1. The molecule has 2 amide bonds. The lowest BCUT2D eigenvalue weighted by molar-refractivity contribution is 0.0625. The second-order valence-electron chi connectivity index (χ2n) is 7.68. The van der Waals surface area contributed by atoms with E-state index in [1.807, 2.05) is 0 Å². The number of carbonyl (C=O) groups excluding carboxylic acids is 2. The predicted octanol–water partition coefficient (Wildman–Crippen LogP) is 3.50. The Hall–Kier alpha value is -2.99. The first kappa shape index (κ1) is 26.6. The SMILES string of the molecule is Cc1noc(C)c1C(=O)N1CCN(Cc2ncc(C(=O)O)s2)CC1.NC(=O)c1ccc(Cl)cc1Cl. The molecule has 0 spiro atoms. The Bertz CT molecular complexity index is 1220. The van der Waals surface area contributed by atoms with Crippen LogP contribution in [0.2, 0.25) is 10.0 Å². The van der Waals surface area contributed by atoms with E-state index in [4.69, 9.17) is 38.6 Å². The molecule has 3 heterocycles. The van der Waals surface area contributed by atoms with Crippen LogP contribution in [0.3, 0.4) is 0 Å². The summed E-state index contributed by atoms with van der Waals surface area (Å²) in [4.78, 5) is 42.5. The lowest BCUT2D eigenvalue weighted by Gasteiger charge is -2.34. The minimum atomic E-state index is -0.950. The van der Waals surface area contributed by atoms with E-state index in [9.17, 15) is 14.4 Å². The van der Waals surface area contributed by atoms with Gasteiger partial charge in [-0.15, -0.1) is 11.3 Å². The molecule has 186 valence electrons. The molecule has 3 aromatic rings. The molecule has 4 rings (SSSR count). The number of nitrogens with two attached hydrogens (primary N) is 1. The zero-order valence-electron chi connectivity index (χ0n) is 19.0. The van der Waals surface area contributed by atoms with Crippen molar-refractivity contribution in [3.63, 3.8) is 0 Å². The summed E-state index contributed by atoms with van der Waals surface area (Å²) in [6.45, 7) is 6.77. The number of carboxylic acids is 1. The molecule has 0 unspecified atom stereocenters. The number of aromatic carboxylic acids is 1. The number of rotatable bonds is 5. The van der Waals surface area contributed by atoms with Gasteiger partial charge in [0, 0.05) is 31.2 Å². The Morgan fingerprint density at radius 1 is 1.17 bits per heavy atom. The average molecular weight is 540 g/mol. The van der Waals surface area contributed by atoms with Gasteiger partial charge in [-0.1, -0.05) is 28.4 Å². The summed E-state index contributed by atoms with van der Waals surface area (Å²) in [5, 5.41) is 14.3. The Morgan fingerprint density at radius 2 is 1.86 bits per heavy atom. The number of aryl methyl sites for hydroxylation is 2. The molecule has 1 fully saturated rings. The number of hydrogen-bond donors (Lipinski definition) is 2. The number of primary amides is 1. The van der Waals surface area contributed by atoms with E-state index in [-0.39, 0.29) is 21.4 Å². The quantitative estimate of drug-likeness (QED) is 0.501. The van der Waals surface area contributed by atoms with Gasteiger partial charge in [-0.2, -0.15) is 0 Å². The van der Waals surface area contributed by atoms with E-state index < -0.39 is 11.9 Å². The van der Waals surface area contributed by atoms with Gasteiger partial charge in [-0.05, 0) is 32.0 Å². The normalized spacial score (nSPS) is 13.8. The molecule has 1 aliphatic heterocycles. The van der Waals surface area contributed by atoms with Gasteiger partial charge in [-0.25, -0.2) is 9.78 Å². The molecule has 0 atom stereocenters. The summed E-state index contributed by atoms with van der Waals surface area (Å²) in [6, 6.07) is 4.53. The standard InChI is InChI=1S/C15H18N4O4S.C7H5Cl2NO/c1-9-13(10(2)23-17-9)14(20)19-5-3-18(4-6-19)8-12-16-7-11(24-12)15(21)22;8-4-1-2-5(7(10)11)6(9)3-4/h7H,3-6,8H2,1-2H3,(H,21,22);1-3H,(H2,10,11). The number of piperazine rings is 1.